The van der Waals surface area contributed by atoms with Crippen molar-refractivity contribution in [2.24, 2.45) is 5.41 Å². The molecule has 0 aromatic carbocycles. The summed E-state index contributed by atoms with van der Waals surface area (Å²) in [6.07, 6.45) is 5.38. The Morgan fingerprint density at radius 2 is 1.83 bits per heavy atom. The van der Waals surface area contributed by atoms with E-state index in [0.717, 1.165) is 19.1 Å². The fraction of sp³-hybridized carbons (Fsp3) is 1.00. The molecule has 0 amide bonds. The Kier molecular flexibility index (Phi) is 6.61. The van der Waals surface area contributed by atoms with Gasteiger partial charge in [0.25, 0.3) is 0 Å². The van der Waals surface area contributed by atoms with Crippen molar-refractivity contribution in [3.8, 4) is 0 Å². The Labute approximate surface area is 114 Å². The van der Waals surface area contributed by atoms with Crippen LogP contribution in [0.2, 0.25) is 0 Å². The van der Waals surface area contributed by atoms with E-state index in [4.69, 9.17) is 0 Å². The van der Waals surface area contributed by atoms with Crippen molar-refractivity contribution in [2.75, 3.05) is 47.3 Å². The van der Waals surface area contributed by atoms with E-state index in [1.54, 1.807) is 0 Å². The molecule has 1 N–H and O–H groups in total. The van der Waals surface area contributed by atoms with E-state index >= 15 is 0 Å². The molecule has 3 nitrogen and oxygen atoms in total. The molecule has 1 saturated carbocycles. The van der Waals surface area contributed by atoms with Crippen LogP contribution in [-0.2, 0) is 0 Å². The predicted octanol–water partition coefficient (Wildman–Crippen LogP) is 2.04. The summed E-state index contributed by atoms with van der Waals surface area (Å²) in [6.45, 7) is 9.43. The highest BCUT2D eigenvalue weighted by Crippen LogP contribution is 2.26. The van der Waals surface area contributed by atoms with Gasteiger partial charge in [0, 0.05) is 32.2 Å². The maximum atomic E-state index is 3.72. The van der Waals surface area contributed by atoms with E-state index in [0.29, 0.717) is 5.41 Å². The standard InChI is InChI=1S/C15H33N3/c1-6-9-15(2,12-16-14-7-8-14)13-18(5)11-10-17(3)4/h14,16H,6-13H2,1-5H3. The minimum absolute atomic E-state index is 0.429. The van der Waals surface area contributed by atoms with Gasteiger partial charge in [-0.1, -0.05) is 20.3 Å². The molecule has 108 valence electrons. The third kappa shape index (κ3) is 6.72. The topological polar surface area (TPSA) is 18.5 Å². The van der Waals surface area contributed by atoms with E-state index < -0.39 is 0 Å². The third-order valence-electron chi connectivity index (χ3n) is 3.83. The van der Waals surface area contributed by atoms with Crippen molar-refractivity contribution in [3.63, 3.8) is 0 Å². The average molecular weight is 255 g/mol. The number of hydrogen-bond acceptors (Lipinski definition) is 3. The molecule has 1 unspecified atom stereocenters. The van der Waals surface area contributed by atoms with Crippen molar-refractivity contribution < 1.29 is 0 Å². The molecule has 18 heavy (non-hydrogen) atoms. The number of nitrogens with zero attached hydrogens (tertiary/aromatic N) is 2. The summed E-state index contributed by atoms with van der Waals surface area (Å²) in [4.78, 5) is 4.75. The van der Waals surface area contributed by atoms with Crippen LogP contribution in [0.1, 0.15) is 39.5 Å². The zero-order valence-corrected chi connectivity index (χ0v) is 13.1. The molecular formula is C15H33N3. The molecule has 1 atom stereocenters. The van der Waals surface area contributed by atoms with Gasteiger partial charge in [-0.15, -0.1) is 0 Å². The minimum Gasteiger partial charge on any atom is -0.313 e. The van der Waals surface area contributed by atoms with E-state index in [9.17, 15) is 0 Å². The van der Waals surface area contributed by atoms with Gasteiger partial charge in [0.05, 0.1) is 0 Å². The van der Waals surface area contributed by atoms with Crippen LogP contribution in [0.25, 0.3) is 0 Å². The van der Waals surface area contributed by atoms with Gasteiger partial charge in [-0.05, 0) is 45.8 Å². The van der Waals surface area contributed by atoms with Crippen molar-refractivity contribution in [3.05, 3.63) is 0 Å². The molecule has 1 aliphatic carbocycles. The first-order chi connectivity index (χ1) is 8.45. The van der Waals surface area contributed by atoms with Gasteiger partial charge < -0.3 is 15.1 Å². The SMILES string of the molecule is CCCC(C)(CNC1CC1)CN(C)CCN(C)C. The Morgan fingerprint density at radius 1 is 1.17 bits per heavy atom. The van der Waals surface area contributed by atoms with Gasteiger partial charge in [-0.3, -0.25) is 0 Å². The summed E-state index contributed by atoms with van der Waals surface area (Å²) >= 11 is 0. The van der Waals surface area contributed by atoms with Gasteiger partial charge in [0.1, 0.15) is 0 Å². The molecule has 0 radical (unpaired) electrons. The van der Waals surface area contributed by atoms with Crippen molar-refractivity contribution in [2.45, 2.75) is 45.6 Å². The first-order valence-corrected chi connectivity index (χ1v) is 7.52. The van der Waals surface area contributed by atoms with E-state index in [1.165, 1.54) is 38.8 Å². The first-order valence-electron chi connectivity index (χ1n) is 7.52. The highest BCUT2D eigenvalue weighted by atomic mass is 15.2. The van der Waals surface area contributed by atoms with E-state index in [1.807, 2.05) is 0 Å². The lowest BCUT2D eigenvalue weighted by atomic mass is 9.85. The largest absolute Gasteiger partial charge is 0.313 e. The fourth-order valence-corrected chi connectivity index (χ4v) is 2.61. The molecule has 0 aromatic heterocycles. The van der Waals surface area contributed by atoms with Gasteiger partial charge in [0.2, 0.25) is 0 Å². The molecule has 0 spiro atoms. The minimum atomic E-state index is 0.429. The second-order valence-corrected chi connectivity index (χ2v) is 6.76. The molecular weight excluding hydrogens is 222 g/mol. The summed E-state index contributed by atoms with van der Waals surface area (Å²) in [5.41, 5.74) is 0.429. The highest BCUT2D eigenvalue weighted by Gasteiger charge is 2.28. The number of hydrogen-bond donors (Lipinski definition) is 1. The second-order valence-electron chi connectivity index (χ2n) is 6.76. The zero-order chi connectivity index (χ0) is 13.6. The van der Waals surface area contributed by atoms with Crippen LogP contribution >= 0.6 is 0 Å². The third-order valence-corrected chi connectivity index (χ3v) is 3.83. The van der Waals surface area contributed by atoms with Gasteiger partial charge in [-0.25, -0.2) is 0 Å². The Balaban J connectivity index is 2.33. The molecule has 0 aliphatic heterocycles. The van der Waals surface area contributed by atoms with Crippen LogP contribution in [0.4, 0.5) is 0 Å². The molecule has 0 bridgehead atoms. The second kappa shape index (κ2) is 7.46. The van der Waals surface area contributed by atoms with Crippen LogP contribution in [-0.4, -0.2) is 63.2 Å². The smallest absolute Gasteiger partial charge is 0.0106 e. The van der Waals surface area contributed by atoms with Crippen LogP contribution in [0.3, 0.4) is 0 Å². The maximum Gasteiger partial charge on any atom is 0.0106 e. The Bertz CT molecular complexity index is 226. The summed E-state index contributed by atoms with van der Waals surface area (Å²) in [6, 6.07) is 0.827. The lowest BCUT2D eigenvalue weighted by Gasteiger charge is -2.34. The lowest BCUT2D eigenvalue weighted by molar-refractivity contribution is 0.163. The van der Waals surface area contributed by atoms with Gasteiger partial charge >= 0.3 is 0 Å². The Hall–Kier alpha value is -0.120. The number of rotatable bonds is 10. The molecule has 3 heteroatoms. The normalized spacial score (nSPS) is 19.5. The Morgan fingerprint density at radius 3 is 2.33 bits per heavy atom. The van der Waals surface area contributed by atoms with E-state index in [2.05, 4.69) is 50.1 Å². The zero-order valence-electron chi connectivity index (χ0n) is 13.1. The quantitative estimate of drug-likeness (QED) is 0.644. The molecule has 1 aliphatic rings. The molecule has 0 aromatic rings. The summed E-state index contributed by atoms with van der Waals surface area (Å²) in [7, 11) is 6.55. The van der Waals surface area contributed by atoms with Crippen molar-refractivity contribution in [1.82, 2.24) is 15.1 Å². The van der Waals surface area contributed by atoms with Crippen LogP contribution in [0.5, 0.6) is 0 Å². The van der Waals surface area contributed by atoms with Crippen molar-refractivity contribution in [1.29, 1.82) is 0 Å². The maximum absolute atomic E-state index is 3.72. The highest BCUT2D eigenvalue weighted by molar-refractivity contribution is 4.86. The number of likely N-dealkylation sites (N-methyl/N-ethyl adjacent to an activating group) is 2. The fourth-order valence-electron chi connectivity index (χ4n) is 2.61. The van der Waals surface area contributed by atoms with Gasteiger partial charge in [-0.2, -0.15) is 0 Å². The molecule has 1 fully saturated rings. The predicted molar refractivity (Wildman–Crippen MR) is 80.1 cm³/mol. The average Bonchev–Trinajstić information content (AvgIpc) is 3.08. The van der Waals surface area contributed by atoms with Crippen molar-refractivity contribution >= 4 is 0 Å². The monoisotopic (exact) mass is 255 g/mol. The summed E-state index contributed by atoms with van der Waals surface area (Å²) < 4.78 is 0. The van der Waals surface area contributed by atoms with Crippen LogP contribution in [0, 0.1) is 5.41 Å². The molecule has 0 heterocycles. The summed E-state index contributed by atoms with van der Waals surface area (Å²) in [5, 5.41) is 3.72. The van der Waals surface area contributed by atoms with Crippen LogP contribution in [0.15, 0.2) is 0 Å². The first kappa shape index (κ1) is 15.9. The van der Waals surface area contributed by atoms with Crippen LogP contribution < -0.4 is 5.32 Å². The summed E-state index contributed by atoms with van der Waals surface area (Å²) in [5.74, 6) is 0. The molecule has 1 rings (SSSR count). The van der Waals surface area contributed by atoms with E-state index in [-0.39, 0.29) is 0 Å². The lowest BCUT2D eigenvalue weighted by Crippen LogP contribution is -2.43. The number of nitrogens with one attached hydrogen (secondary N) is 1. The van der Waals surface area contributed by atoms with Gasteiger partial charge in [0.15, 0.2) is 0 Å². The molecule has 0 saturated heterocycles.